The molecular formula is C33H54O4. The van der Waals surface area contributed by atoms with E-state index in [-0.39, 0.29) is 18.5 Å². The van der Waals surface area contributed by atoms with E-state index >= 15 is 0 Å². The Balaban J connectivity index is 1.30. The zero-order chi connectivity index (χ0) is 26.6. The van der Waals surface area contributed by atoms with Gasteiger partial charge < -0.3 is 9.84 Å². The first kappa shape index (κ1) is 28.7. The van der Waals surface area contributed by atoms with Gasteiger partial charge in [-0.15, -0.1) is 0 Å². The van der Waals surface area contributed by atoms with Gasteiger partial charge in [-0.3, -0.25) is 9.59 Å². The van der Waals surface area contributed by atoms with E-state index in [1.807, 2.05) is 0 Å². The fraction of sp³-hybridized carbons (Fsp3) is 0.879. The molecule has 0 heterocycles. The molecule has 0 saturated heterocycles. The summed E-state index contributed by atoms with van der Waals surface area (Å²) in [6.45, 7) is 9.90. The van der Waals surface area contributed by atoms with Gasteiger partial charge in [0.2, 0.25) is 0 Å². The second kappa shape index (κ2) is 12.2. The van der Waals surface area contributed by atoms with Crippen LogP contribution in [0.3, 0.4) is 0 Å². The average molecular weight is 515 g/mol. The number of ether oxygens (including phenoxy) is 1. The molecule has 0 spiro atoms. The topological polar surface area (TPSA) is 63.6 Å². The van der Waals surface area contributed by atoms with E-state index in [2.05, 4.69) is 33.8 Å². The zero-order valence-electron chi connectivity index (χ0n) is 24.2. The molecule has 0 radical (unpaired) electrons. The summed E-state index contributed by atoms with van der Waals surface area (Å²) in [6, 6.07) is 0. The number of hydrogen-bond acceptors (Lipinski definition) is 3. The van der Waals surface area contributed by atoms with Crippen LogP contribution in [0.2, 0.25) is 0 Å². The standard InChI is InChI=1S/C33H54O4/c1-23(2)10-8-9-11-24-15-17-28-27-16-14-25-22-26(37-31(36)13-7-5-6-12-30(34)35)18-20-33(25,4)29(27)19-21-32(24,28)3/h14,23-24,26-29H,5-13,15-22H2,1-4H3,(H,34,35). The molecule has 7 atom stereocenters. The molecule has 1 N–H and O–H groups in total. The summed E-state index contributed by atoms with van der Waals surface area (Å²) in [7, 11) is 0. The monoisotopic (exact) mass is 514 g/mol. The van der Waals surface area contributed by atoms with Crippen LogP contribution in [-0.4, -0.2) is 23.1 Å². The molecule has 0 aromatic heterocycles. The normalized spacial score (nSPS) is 36.9. The highest BCUT2D eigenvalue weighted by molar-refractivity contribution is 5.69. The number of carbonyl (C=O) groups is 2. The van der Waals surface area contributed by atoms with Gasteiger partial charge in [-0.2, -0.15) is 0 Å². The Morgan fingerprint density at radius 3 is 2.51 bits per heavy atom. The molecule has 7 unspecified atom stereocenters. The molecule has 0 aliphatic heterocycles. The van der Waals surface area contributed by atoms with Gasteiger partial charge in [-0.05, 0) is 105 Å². The van der Waals surface area contributed by atoms with Crippen molar-refractivity contribution in [2.75, 3.05) is 0 Å². The quantitative estimate of drug-likeness (QED) is 0.161. The van der Waals surface area contributed by atoms with Gasteiger partial charge >= 0.3 is 11.9 Å². The highest BCUT2D eigenvalue weighted by Gasteiger charge is 2.58. The summed E-state index contributed by atoms with van der Waals surface area (Å²) >= 11 is 0. The Labute approximate surface area is 226 Å². The number of unbranched alkanes of at least 4 members (excludes halogenated alkanes) is 3. The number of carbonyl (C=O) groups excluding carboxylic acids is 1. The maximum atomic E-state index is 12.4. The lowest BCUT2D eigenvalue weighted by Crippen LogP contribution is -2.50. The van der Waals surface area contributed by atoms with Crippen molar-refractivity contribution in [3.8, 4) is 0 Å². The molecule has 0 amide bonds. The third-order valence-electron chi connectivity index (χ3n) is 11.4. The van der Waals surface area contributed by atoms with Gasteiger partial charge in [0.05, 0.1) is 0 Å². The second-order valence-corrected chi connectivity index (χ2v) is 14.1. The Hall–Kier alpha value is -1.32. The number of aliphatic carboxylic acids is 1. The van der Waals surface area contributed by atoms with Crippen molar-refractivity contribution in [2.45, 2.75) is 143 Å². The van der Waals surface area contributed by atoms with E-state index < -0.39 is 5.97 Å². The first-order valence-corrected chi connectivity index (χ1v) is 15.7. The van der Waals surface area contributed by atoms with Crippen LogP contribution >= 0.6 is 0 Å². The van der Waals surface area contributed by atoms with Crippen molar-refractivity contribution in [3.63, 3.8) is 0 Å². The summed E-state index contributed by atoms with van der Waals surface area (Å²) in [5.74, 6) is 3.45. The van der Waals surface area contributed by atoms with E-state index in [0.29, 0.717) is 23.7 Å². The van der Waals surface area contributed by atoms with Crippen molar-refractivity contribution >= 4 is 11.9 Å². The van der Waals surface area contributed by atoms with Crippen LogP contribution in [0.1, 0.15) is 137 Å². The van der Waals surface area contributed by atoms with Crippen LogP contribution in [0.15, 0.2) is 11.6 Å². The highest BCUT2D eigenvalue weighted by Crippen LogP contribution is 2.66. The predicted octanol–water partition coefficient (Wildman–Crippen LogP) is 8.73. The van der Waals surface area contributed by atoms with Crippen LogP contribution in [0.25, 0.3) is 0 Å². The first-order chi connectivity index (χ1) is 17.6. The minimum absolute atomic E-state index is 0.0259. The first-order valence-electron chi connectivity index (χ1n) is 15.7. The molecule has 210 valence electrons. The Kier molecular flexibility index (Phi) is 9.49. The molecule has 4 rings (SSSR count). The van der Waals surface area contributed by atoms with Gasteiger partial charge in [0.25, 0.3) is 0 Å². The van der Waals surface area contributed by atoms with Crippen molar-refractivity contribution in [1.82, 2.24) is 0 Å². The molecule has 4 heteroatoms. The van der Waals surface area contributed by atoms with Crippen molar-refractivity contribution in [1.29, 1.82) is 0 Å². The fourth-order valence-corrected chi connectivity index (χ4v) is 9.22. The molecule has 4 aliphatic carbocycles. The summed E-state index contributed by atoms with van der Waals surface area (Å²) in [5, 5.41) is 8.75. The number of rotatable bonds is 12. The Bertz CT molecular complexity index is 830. The molecule has 3 fully saturated rings. The van der Waals surface area contributed by atoms with Crippen LogP contribution in [0, 0.1) is 40.4 Å². The number of esters is 1. The maximum absolute atomic E-state index is 12.4. The second-order valence-electron chi connectivity index (χ2n) is 14.1. The molecule has 37 heavy (non-hydrogen) atoms. The SMILES string of the molecule is CC(C)CCCCC1CCC2C3CC=C4CC(OC(=O)CCCCCC(=O)O)CCC4(C)C3CCC12C. The summed E-state index contributed by atoms with van der Waals surface area (Å²) < 4.78 is 5.91. The van der Waals surface area contributed by atoms with Crippen molar-refractivity contribution in [2.24, 2.45) is 40.4 Å². The van der Waals surface area contributed by atoms with Crippen molar-refractivity contribution in [3.05, 3.63) is 11.6 Å². The molecular weight excluding hydrogens is 460 g/mol. The minimum atomic E-state index is -0.761. The number of carboxylic acid groups (broad SMARTS) is 1. The third kappa shape index (κ3) is 6.47. The predicted molar refractivity (Wildman–Crippen MR) is 149 cm³/mol. The third-order valence-corrected chi connectivity index (χ3v) is 11.4. The minimum Gasteiger partial charge on any atom is -0.481 e. The number of allylic oxidation sites excluding steroid dienone is 1. The van der Waals surface area contributed by atoms with Gasteiger partial charge in [0, 0.05) is 19.3 Å². The van der Waals surface area contributed by atoms with Crippen LogP contribution in [0.5, 0.6) is 0 Å². The van der Waals surface area contributed by atoms with E-state index in [0.717, 1.165) is 61.7 Å². The molecule has 0 aromatic rings. The van der Waals surface area contributed by atoms with Crippen LogP contribution in [-0.2, 0) is 14.3 Å². The maximum Gasteiger partial charge on any atom is 0.306 e. The summed E-state index contributed by atoms with van der Waals surface area (Å²) in [6.07, 6.45) is 21.0. The molecule has 3 saturated carbocycles. The lowest BCUT2D eigenvalue weighted by molar-refractivity contribution is -0.151. The van der Waals surface area contributed by atoms with Gasteiger partial charge in [0.15, 0.2) is 0 Å². The lowest BCUT2D eigenvalue weighted by atomic mass is 9.47. The molecule has 0 bridgehead atoms. The van der Waals surface area contributed by atoms with Gasteiger partial charge in [-0.25, -0.2) is 0 Å². The van der Waals surface area contributed by atoms with E-state index in [1.54, 1.807) is 5.57 Å². The molecule has 0 aromatic carbocycles. The summed E-state index contributed by atoms with van der Waals surface area (Å²) in [4.78, 5) is 23.1. The fourth-order valence-electron chi connectivity index (χ4n) is 9.22. The Morgan fingerprint density at radius 2 is 1.76 bits per heavy atom. The van der Waals surface area contributed by atoms with E-state index in [9.17, 15) is 9.59 Å². The van der Waals surface area contributed by atoms with Gasteiger partial charge in [-0.1, -0.05) is 65.0 Å². The lowest BCUT2D eigenvalue weighted by Gasteiger charge is -2.58. The van der Waals surface area contributed by atoms with E-state index in [1.165, 1.54) is 57.8 Å². The number of carboxylic acids is 1. The van der Waals surface area contributed by atoms with Crippen LogP contribution in [0.4, 0.5) is 0 Å². The average Bonchev–Trinajstić information content (AvgIpc) is 3.17. The highest BCUT2D eigenvalue weighted by atomic mass is 16.5. The van der Waals surface area contributed by atoms with Gasteiger partial charge in [0.1, 0.15) is 6.10 Å². The summed E-state index contributed by atoms with van der Waals surface area (Å²) in [5.41, 5.74) is 2.42. The van der Waals surface area contributed by atoms with Crippen molar-refractivity contribution < 1.29 is 19.4 Å². The Morgan fingerprint density at radius 1 is 0.973 bits per heavy atom. The smallest absolute Gasteiger partial charge is 0.306 e. The number of hydrogen-bond donors (Lipinski definition) is 1. The molecule has 4 nitrogen and oxygen atoms in total. The zero-order valence-corrected chi connectivity index (χ0v) is 24.2. The van der Waals surface area contributed by atoms with E-state index in [4.69, 9.17) is 9.84 Å². The molecule has 4 aliphatic rings. The largest absolute Gasteiger partial charge is 0.481 e. The number of fused-ring (bicyclic) bond motifs is 5. The van der Waals surface area contributed by atoms with Crippen LogP contribution < -0.4 is 0 Å².